The summed E-state index contributed by atoms with van der Waals surface area (Å²) in [4.78, 5) is 11.5. The molecular weight excluding hydrogens is 552 g/mol. The van der Waals surface area contributed by atoms with Gasteiger partial charge in [-0.3, -0.25) is 9.10 Å². The fraction of sp³-hybridized carbons (Fsp3) is 0.250. The molecule has 39 heavy (non-hydrogen) atoms. The van der Waals surface area contributed by atoms with Crippen LogP contribution in [0.3, 0.4) is 0 Å². The Kier molecular flexibility index (Phi) is 8.46. The minimum absolute atomic E-state index is 0.0260. The molecule has 0 aliphatic carbocycles. The zero-order chi connectivity index (χ0) is 28.3. The number of halogens is 3. The Bertz CT molecular complexity index is 1520. The van der Waals surface area contributed by atoms with Gasteiger partial charge in [-0.15, -0.1) is 0 Å². The highest BCUT2D eigenvalue weighted by Crippen LogP contribution is 2.40. The van der Waals surface area contributed by atoms with Crippen molar-refractivity contribution in [2.45, 2.75) is 30.8 Å². The standard InChI is InChI=1S/C28H26ClF2NO6S/c1-17(28-21(29)5-4-6-23(28)31)13-18-7-11-25-24(14-18)32(16-19(38-25)8-12-27(33)37-3)39(34,35)20-9-10-22(30)26(15-20)36-2/h4-7,9-11,13-15,19H,8,12,16H2,1-3H3/b17-13+/t19-/m0/s1. The summed E-state index contributed by atoms with van der Waals surface area (Å²) in [5.74, 6) is -1.59. The van der Waals surface area contributed by atoms with Crippen LogP contribution >= 0.6 is 11.6 Å². The Labute approximate surface area is 230 Å². The summed E-state index contributed by atoms with van der Waals surface area (Å²) in [5, 5.41) is 0.243. The first kappa shape index (κ1) is 28.4. The molecule has 3 aromatic carbocycles. The highest BCUT2D eigenvalue weighted by atomic mass is 35.5. The van der Waals surface area contributed by atoms with Crippen LogP contribution in [-0.4, -0.2) is 41.3 Å². The maximum atomic E-state index is 14.5. The van der Waals surface area contributed by atoms with E-state index >= 15 is 0 Å². The van der Waals surface area contributed by atoms with Crippen LogP contribution in [0.5, 0.6) is 11.5 Å². The van der Waals surface area contributed by atoms with Crippen molar-refractivity contribution in [3.05, 3.63) is 82.4 Å². The molecule has 0 fully saturated rings. The molecule has 7 nitrogen and oxygen atoms in total. The van der Waals surface area contributed by atoms with Crippen molar-refractivity contribution in [1.82, 2.24) is 0 Å². The van der Waals surface area contributed by atoms with Crippen LogP contribution in [-0.2, 0) is 19.6 Å². The number of nitrogens with zero attached hydrogens (tertiary/aromatic N) is 1. The monoisotopic (exact) mass is 577 g/mol. The van der Waals surface area contributed by atoms with Crippen LogP contribution in [0.15, 0.2) is 59.5 Å². The van der Waals surface area contributed by atoms with Gasteiger partial charge in [-0.25, -0.2) is 17.2 Å². The Hall–Kier alpha value is -3.63. The predicted molar refractivity (Wildman–Crippen MR) is 145 cm³/mol. The third kappa shape index (κ3) is 6.02. The fourth-order valence-corrected chi connectivity index (χ4v) is 6.13. The molecule has 0 spiro atoms. The van der Waals surface area contributed by atoms with Crippen molar-refractivity contribution in [3.63, 3.8) is 0 Å². The Morgan fingerprint density at radius 1 is 1.13 bits per heavy atom. The molecular formula is C28H26ClF2NO6S. The maximum absolute atomic E-state index is 14.5. The van der Waals surface area contributed by atoms with Crippen LogP contribution in [0.2, 0.25) is 5.02 Å². The van der Waals surface area contributed by atoms with E-state index in [4.69, 9.17) is 25.8 Å². The lowest BCUT2D eigenvalue weighted by atomic mass is 10.0. The molecule has 0 saturated heterocycles. The van der Waals surface area contributed by atoms with Crippen LogP contribution in [0.1, 0.15) is 30.9 Å². The van der Waals surface area contributed by atoms with Crippen LogP contribution < -0.4 is 13.8 Å². The molecule has 4 rings (SSSR count). The van der Waals surface area contributed by atoms with E-state index in [0.29, 0.717) is 11.1 Å². The third-order valence-corrected chi connectivity index (χ3v) is 8.35. The van der Waals surface area contributed by atoms with E-state index < -0.39 is 33.7 Å². The summed E-state index contributed by atoms with van der Waals surface area (Å²) < 4.78 is 73.0. The summed E-state index contributed by atoms with van der Waals surface area (Å²) in [6.07, 6.45) is 1.25. The van der Waals surface area contributed by atoms with Gasteiger partial charge in [-0.2, -0.15) is 0 Å². The van der Waals surface area contributed by atoms with Gasteiger partial charge >= 0.3 is 5.97 Å². The number of fused-ring (bicyclic) bond motifs is 1. The van der Waals surface area contributed by atoms with E-state index in [1.54, 1.807) is 37.3 Å². The van der Waals surface area contributed by atoms with E-state index in [1.165, 1.54) is 26.4 Å². The largest absolute Gasteiger partial charge is 0.494 e. The van der Waals surface area contributed by atoms with Crippen molar-refractivity contribution in [3.8, 4) is 11.5 Å². The third-order valence-electron chi connectivity index (χ3n) is 6.26. The van der Waals surface area contributed by atoms with E-state index in [9.17, 15) is 22.0 Å². The minimum Gasteiger partial charge on any atom is -0.494 e. The summed E-state index contributed by atoms with van der Waals surface area (Å²) in [6.45, 7) is 1.58. The number of sulfonamides is 1. The first-order chi connectivity index (χ1) is 18.5. The van der Waals surface area contributed by atoms with Gasteiger partial charge in [0.2, 0.25) is 0 Å². The zero-order valence-corrected chi connectivity index (χ0v) is 23.0. The van der Waals surface area contributed by atoms with Crippen molar-refractivity contribution in [2.75, 3.05) is 25.1 Å². The highest BCUT2D eigenvalue weighted by molar-refractivity contribution is 7.92. The molecule has 11 heteroatoms. The summed E-state index contributed by atoms with van der Waals surface area (Å²) >= 11 is 6.21. The van der Waals surface area contributed by atoms with E-state index in [0.717, 1.165) is 22.5 Å². The predicted octanol–water partition coefficient (Wildman–Crippen LogP) is 6.10. The van der Waals surface area contributed by atoms with Crippen molar-refractivity contribution < 1.29 is 36.2 Å². The van der Waals surface area contributed by atoms with Crippen molar-refractivity contribution >= 4 is 44.9 Å². The van der Waals surface area contributed by atoms with Gasteiger partial charge in [0, 0.05) is 18.1 Å². The molecule has 0 N–H and O–H groups in total. The quantitative estimate of drug-likeness (QED) is 0.238. The minimum atomic E-state index is -4.22. The number of esters is 1. The molecule has 0 amide bonds. The molecule has 206 valence electrons. The van der Waals surface area contributed by atoms with Gasteiger partial charge in [0.25, 0.3) is 10.0 Å². The van der Waals surface area contributed by atoms with Gasteiger partial charge in [-0.05, 0) is 60.9 Å². The highest BCUT2D eigenvalue weighted by Gasteiger charge is 2.35. The number of ether oxygens (including phenoxy) is 3. The number of anilines is 1. The summed E-state index contributed by atoms with van der Waals surface area (Å²) in [7, 11) is -1.72. The van der Waals surface area contributed by atoms with Crippen LogP contribution in [0.25, 0.3) is 11.6 Å². The van der Waals surface area contributed by atoms with E-state index in [2.05, 4.69) is 0 Å². The molecule has 0 bridgehead atoms. The molecule has 1 aliphatic heterocycles. The maximum Gasteiger partial charge on any atom is 0.305 e. The van der Waals surface area contributed by atoms with Crippen molar-refractivity contribution in [2.24, 2.45) is 0 Å². The molecule has 3 aromatic rings. The average molecular weight is 578 g/mol. The number of carbonyl (C=O) groups excluding carboxylic acids is 1. The Morgan fingerprint density at radius 2 is 1.90 bits per heavy atom. The molecule has 1 atom stereocenters. The number of carbonyl (C=O) groups is 1. The molecule has 0 aromatic heterocycles. The van der Waals surface area contributed by atoms with Crippen molar-refractivity contribution in [1.29, 1.82) is 0 Å². The van der Waals surface area contributed by atoms with Gasteiger partial charge < -0.3 is 14.2 Å². The fourth-order valence-electron chi connectivity index (χ4n) is 4.30. The molecule has 0 unspecified atom stereocenters. The molecule has 1 heterocycles. The van der Waals surface area contributed by atoms with E-state index in [1.807, 2.05) is 0 Å². The molecule has 0 saturated carbocycles. The second-order valence-electron chi connectivity index (χ2n) is 8.84. The van der Waals surface area contributed by atoms with Gasteiger partial charge in [0.1, 0.15) is 17.7 Å². The van der Waals surface area contributed by atoms with Gasteiger partial charge in [-0.1, -0.05) is 29.8 Å². The molecule has 1 aliphatic rings. The lowest BCUT2D eigenvalue weighted by Crippen LogP contribution is -2.43. The first-order valence-corrected chi connectivity index (χ1v) is 13.7. The van der Waals surface area contributed by atoms with Gasteiger partial charge in [0.05, 0.1) is 36.4 Å². The Morgan fingerprint density at radius 3 is 2.59 bits per heavy atom. The molecule has 0 radical (unpaired) electrons. The smallest absolute Gasteiger partial charge is 0.305 e. The number of rotatable bonds is 8. The number of benzene rings is 3. The number of hydrogen-bond acceptors (Lipinski definition) is 6. The lowest BCUT2D eigenvalue weighted by Gasteiger charge is -2.35. The Balaban J connectivity index is 1.78. The topological polar surface area (TPSA) is 82.1 Å². The summed E-state index contributed by atoms with van der Waals surface area (Å²) in [6, 6.07) is 12.6. The summed E-state index contributed by atoms with van der Waals surface area (Å²) in [5.41, 5.74) is 1.56. The number of hydrogen-bond donors (Lipinski definition) is 0. The second kappa shape index (κ2) is 11.6. The SMILES string of the molecule is COC(=O)CC[C@H]1CN(S(=O)(=O)c2ccc(F)c(OC)c2)c2cc(/C=C(\C)c3c(F)cccc3Cl)ccc2O1. The number of methoxy groups -OCH3 is 2. The van der Waals surface area contributed by atoms with Gasteiger partial charge in [0.15, 0.2) is 11.6 Å². The lowest BCUT2D eigenvalue weighted by molar-refractivity contribution is -0.141. The van der Waals surface area contributed by atoms with E-state index in [-0.39, 0.29) is 52.1 Å². The normalized spacial score (nSPS) is 15.4. The second-order valence-corrected chi connectivity index (χ2v) is 11.1. The average Bonchev–Trinajstić information content (AvgIpc) is 2.91. The van der Waals surface area contributed by atoms with Crippen LogP contribution in [0.4, 0.5) is 14.5 Å². The van der Waals surface area contributed by atoms with Crippen LogP contribution in [0, 0.1) is 11.6 Å². The first-order valence-electron chi connectivity index (χ1n) is 11.9. The zero-order valence-electron chi connectivity index (χ0n) is 21.4. The number of allylic oxidation sites excluding steroid dienone is 1.